The van der Waals surface area contributed by atoms with Gasteiger partial charge in [-0.1, -0.05) is 224 Å². The molecule has 0 heteroatoms. The van der Waals surface area contributed by atoms with Crippen LogP contribution < -0.4 is 0 Å². The molecule has 0 unspecified atom stereocenters. The van der Waals surface area contributed by atoms with Gasteiger partial charge >= 0.3 is 0 Å². The molecule has 0 amide bonds. The Hall–Kier alpha value is -7.80. The lowest BCUT2D eigenvalue weighted by Gasteiger charge is -2.15. The minimum atomic E-state index is 0.257. The Balaban J connectivity index is 0.822. The smallest absolute Gasteiger partial charge is 0.0352 e. The molecule has 62 heavy (non-hydrogen) atoms. The molecule has 0 radical (unpaired) electrons. The van der Waals surface area contributed by atoms with E-state index in [-0.39, 0.29) is 11.8 Å². The average Bonchev–Trinajstić information content (AvgIpc) is 3.87. The highest BCUT2D eigenvalue weighted by Gasteiger charge is 2.30. The molecule has 0 aliphatic heterocycles. The summed E-state index contributed by atoms with van der Waals surface area (Å²) in [5.74, 6) is 0.514. The Labute approximate surface area is 364 Å². The van der Waals surface area contributed by atoms with Crippen LogP contribution in [-0.2, 0) is 0 Å². The Kier molecular flexibility index (Phi) is 8.75. The number of benzene rings is 10. The summed E-state index contributed by atoms with van der Waals surface area (Å²) in [6.07, 6.45) is 0. The van der Waals surface area contributed by atoms with Crippen molar-refractivity contribution in [3.8, 4) is 77.9 Å². The van der Waals surface area contributed by atoms with Crippen LogP contribution in [0, 0.1) is 0 Å². The van der Waals surface area contributed by atoms with E-state index in [1.807, 2.05) is 0 Å². The lowest BCUT2D eigenvalue weighted by atomic mass is 9.88. The van der Waals surface area contributed by atoms with E-state index in [1.165, 1.54) is 111 Å². The van der Waals surface area contributed by atoms with Gasteiger partial charge in [0, 0.05) is 11.8 Å². The van der Waals surface area contributed by atoms with Crippen LogP contribution in [0.3, 0.4) is 0 Å². The van der Waals surface area contributed by atoms with Gasteiger partial charge in [-0.05, 0) is 129 Å². The largest absolute Gasteiger partial charge is 0.0622 e. The topological polar surface area (TPSA) is 0 Å². The summed E-state index contributed by atoms with van der Waals surface area (Å²) in [4.78, 5) is 0. The summed E-state index contributed by atoms with van der Waals surface area (Å²) in [7, 11) is 0. The maximum absolute atomic E-state index is 2.34. The predicted molar refractivity (Wildman–Crippen MR) is 259 cm³/mol. The fraction of sp³-hybridized carbons (Fsp3) is 0.0323. The zero-order valence-electron chi connectivity index (χ0n) is 34.2. The summed E-state index contributed by atoms with van der Waals surface area (Å²) in [6, 6.07) is 89.7. The monoisotopic (exact) mass is 786 g/mol. The molecule has 0 spiro atoms. The zero-order chi connectivity index (χ0) is 41.0. The second-order valence-electron chi connectivity index (χ2n) is 16.8. The van der Waals surface area contributed by atoms with E-state index in [1.54, 1.807) is 0 Å². The third kappa shape index (κ3) is 6.23. The standard InChI is InChI=1S/C62H42/c1-2-12-41(13-3-1)50-38-51(46-26-22-42(23-27-46)44-30-34-48(35-31-44)61-57-18-8-4-14-53(57)54-15-5-9-19-58(54)61)40-52(39-50)47-28-24-43(25-29-47)45-32-36-49(37-33-45)62-59-20-10-6-16-55(59)56-17-7-11-21-60(56)62/h1-40,61-62H. The molecule has 0 bridgehead atoms. The number of fused-ring (bicyclic) bond motifs is 6. The van der Waals surface area contributed by atoms with Gasteiger partial charge in [-0.3, -0.25) is 0 Å². The SMILES string of the molecule is c1ccc(-c2cc(-c3ccc(-c4ccc(C5c6ccccc6-c6ccccc65)cc4)cc3)cc(-c3ccc(-c4ccc(C5c6ccccc6-c6ccccc65)cc4)cc3)c2)cc1. The van der Waals surface area contributed by atoms with Crippen LogP contribution >= 0.6 is 0 Å². The molecule has 0 saturated heterocycles. The van der Waals surface area contributed by atoms with Crippen LogP contribution in [0.4, 0.5) is 0 Å². The number of hydrogen-bond acceptors (Lipinski definition) is 0. The molecule has 290 valence electrons. The van der Waals surface area contributed by atoms with Crippen LogP contribution in [0.15, 0.2) is 243 Å². The molecule has 10 aromatic rings. The van der Waals surface area contributed by atoms with Crippen LogP contribution in [0.5, 0.6) is 0 Å². The van der Waals surface area contributed by atoms with Gasteiger partial charge in [-0.2, -0.15) is 0 Å². The summed E-state index contributed by atoms with van der Waals surface area (Å²) >= 11 is 0. The van der Waals surface area contributed by atoms with Crippen molar-refractivity contribution in [2.24, 2.45) is 0 Å². The maximum atomic E-state index is 2.34. The lowest BCUT2D eigenvalue weighted by molar-refractivity contribution is 1.02. The first-order valence-electron chi connectivity index (χ1n) is 21.7. The van der Waals surface area contributed by atoms with Gasteiger partial charge < -0.3 is 0 Å². The van der Waals surface area contributed by atoms with Crippen LogP contribution in [-0.4, -0.2) is 0 Å². The summed E-state index contributed by atoms with van der Waals surface area (Å²) in [6.45, 7) is 0. The van der Waals surface area contributed by atoms with Crippen molar-refractivity contribution in [3.63, 3.8) is 0 Å². The van der Waals surface area contributed by atoms with Crippen molar-refractivity contribution < 1.29 is 0 Å². The Bertz CT molecular complexity index is 2950. The van der Waals surface area contributed by atoms with Crippen molar-refractivity contribution in [1.29, 1.82) is 0 Å². The molecule has 10 aromatic carbocycles. The highest BCUT2D eigenvalue weighted by molar-refractivity contribution is 5.85. The Morgan fingerprint density at radius 2 is 0.403 bits per heavy atom. The minimum absolute atomic E-state index is 0.257. The fourth-order valence-corrected chi connectivity index (χ4v) is 10.2. The van der Waals surface area contributed by atoms with Gasteiger partial charge in [0.2, 0.25) is 0 Å². The highest BCUT2D eigenvalue weighted by Crippen LogP contribution is 2.49. The third-order valence-corrected chi connectivity index (χ3v) is 13.3. The van der Waals surface area contributed by atoms with E-state index in [0.29, 0.717) is 0 Å². The van der Waals surface area contributed by atoms with E-state index in [9.17, 15) is 0 Å². The molecular formula is C62H42. The summed E-state index contributed by atoms with van der Waals surface area (Å²) < 4.78 is 0. The summed E-state index contributed by atoms with van der Waals surface area (Å²) in [5.41, 5.74) is 25.7. The van der Waals surface area contributed by atoms with Crippen LogP contribution in [0.2, 0.25) is 0 Å². The molecule has 0 fully saturated rings. The van der Waals surface area contributed by atoms with E-state index in [2.05, 4.69) is 243 Å². The fourth-order valence-electron chi connectivity index (χ4n) is 10.2. The second kappa shape index (κ2) is 15.0. The maximum Gasteiger partial charge on any atom is 0.0352 e. The van der Waals surface area contributed by atoms with Gasteiger partial charge in [-0.15, -0.1) is 0 Å². The van der Waals surface area contributed by atoms with Crippen molar-refractivity contribution in [2.75, 3.05) is 0 Å². The average molecular weight is 787 g/mol. The first-order chi connectivity index (χ1) is 30.7. The molecule has 12 rings (SSSR count). The van der Waals surface area contributed by atoms with Gasteiger partial charge in [0.05, 0.1) is 0 Å². The van der Waals surface area contributed by atoms with E-state index in [0.717, 1.165) is 0 Å². The molecule has 2 aliphatic rings. The van der Waals surface area contributed by atoms with Crippen molar-refractivity contribution in [2.45, 2.75) is 11.8 Å². The van der Waals surface area contributed by atoms with Crippen LogP contribution in [0.1, 0.15) is 45.2 Å². The molecule has 0 heterocycles. The molecule has 2 aliphatic carbocycles. The van der Waals surface area contributed by atoms with Gasteiger partial charge in [0.25, 0.3) is 0 Å². The Morgan fingerprint density at radius 1 is 0.177 bits per heavy atom. The second-order valence-corrected chi connectivity index (χ2v) is 16.8. The van der Waals surface area contributed by atoms with Gasteiger partial charge in [-0.25, -0.2) is 0 Å². The quantitative estimate of drug-likeness (QED) is 0.151. The first kappa shape index (κ1) is 36.1. The van der Waals surface area contributed by atoms with E-state index in [4.69, 9.17) is 0 Å². The highest BCUT2D eigenvalue weighted by atomic mass is 14.3. The number of hydrogen-bond donors (Lipinski definition) is 0. The zero-order valence-corrected chi connectivity index (χ0v) is 34.2. The molecule has 0 saturated carbocycles. The Morgan fingerprint density at radius 3 is 0.710 bits per heavy atom. The third-order valence-electron chi connectivity index (χ3n) is 13.3. The summed E-state index contributed by atoms with van der Waals surface area (Å²) in [5, 5.41) is 0. The van der Waals surface area contributed by atoms with Crippen LogP contribution in [0.25, 0.3) is 77.9 Å². The van der Waals surface area contributed by atoms with E-state index < -0.39 is 0 Å². The van der Waals surface area contributed by atoms with Gasteiger partial charge in [0.15, 0.2) is 0 Å². The van der Waals surface area contributed by atoms with E-state index >= 15 is 0 Å². The lowest BCUT2D eigenvalue weighted by Crippen LogP contribution is -1.98. The minimum Gasteiger partial charge on any atom is -0.0622 e. The molecule has 0 N–H and O–H groups in total. The molecule has 0 aromatic heterocycles. The van der Waals surface area contributed by atoms with Gasteiger partial charge in [0.1, 0.15) is 0 Å². The van der Waals surface area contributed by atoms with Crippen molar-refractivity contribution >= 4 is 0 Å². The first-order valence-corrected chi connectivity index (χ1v) is 21.7. The molecular weight excluding hydrogens is 745 g/mol. The normalized spacial score (nSPS) is 12.7. The predicted octanol–water partition coefficient (Wildman–Crippen LogP) is 16.3. The number of rotatable bonds is 7. The van der Waals surface area contributed by atoms with Crippen molar-refractivity contribution in [3.05, 3.63) is 276 Å². The van der Waals surface area contributed by atoms with Crippen molar-refractivity contribution in [1.82, 2.24) is 0 Å². The molecule has 0 nitrogen and oxygen atoms in total. The molecule has 0 atom stereocenters.